The fourth-order valence-corrected chi connectivity index (χ4v) is 4.30. The summed E-state index contributed by atoms with van der Waals surface area (Å²) < 4.78 is 51.5. The Hall–Kier alpha value is -4.06. The number of ether oxygens (including phenoxy) is 4. The minimum absolute atomic E-state index is 0.172. The molecule has 0 unspecified atom stereocenters. The predicted molar refractivity (Wildman–Crippen MR) is 133 cm³/mol. The summed E-state index contributed by atoms with van der Waals surface area (Å²) in [7, 11) is -4.14. The van der Waals surface area contributed by atoms with Crippen LogP contribution in [0.1, 0.15) is 31.1 Å². The highest BCUT2D eigenvalue weighted by Gasteiger charge is 2.52. The Morgan fingerprint density at radius 1 is 0.684 bits per heavy atom. The van der Waals surface area contributed by atoms with Crippen LogP contribution in [0.15, 0.2) is 91.0 Å². The van der Waals surface area contributed by atoms with Gasteiger partial charge in [0.2, 0.25) is 6.29 Å². The summed E-state index contributed by atoms with van der Waals surface area (Å²) in [5.74, 6) is -2.32. The van der Waals surface area contributed by atoms with Gasteiger partial charge in [0.15, 0.2) is 12.2 Å². The molecule has 1 saturated heterocycles. The van der Waals surface area contributed by atoms with Crippen molar-refractivity contribution >= 4 is 28.0 Å². The molecule has 0 aromatic heterocycles. The molecular formula is C27H24O10S. The van der Waals surface area contributed by atoms with Gasteiger partial charge in [-0.15, -0.1) is 0 Å². The molecule has 0 radical (unpaired) electrons. The summed E-state index contributed by atoms with van der Waals surface area (Å²) in [5.41, 5.74) is 0.612. The highest BCUT2D eigenvalue weighted by Crippen LogP contribution is 2.31. The lowest BCUT2D eigenvalue weighted by Crippen LogP contribution is -2.42. The zero-order valence-electron chi connectivity index (χ0n) is 20.2. The van der Waals surface area contributed by atoms with E-state index in [1.54, 1.807) is 66.7 Å². The number of hydrogen-bond donors (Lipinski definition) is 0. The fraction of sp³-hybridized carbons (Fsp3) is 0.222. The number of carbonyl (C=O) groups excluding carboxylic acids is 3. The van der Waals surface area contributed by atoms with Gasteiger partial charge in [0, 0.05) is 0 Å². The van der Waals surface area contributed by atoms with Crippen LogP contribution in [0.3, 0.4) is 0 Å². The van der Waals surface area contributed by atoms with Crippen molar-refractivity contribution in [1.82, 2.24) is 0 Å². The van der Waals surface area contributed by atoms with Gasteiger partial charge in [0.1, 0.15) is 12.7 Å². The Kier molecular flexibility index (Phi) is 8.52. The first-order valence-electron chi connectivity index (χ1n) is 11.5. The highest BCUT2D eigenvalue weighted by atomic mass is 32.2. The van der Waals surface area contributed by atoms with E-state index in [1.807, 2.05) is 0 Å². The van der Waals surface area contributed by atoms with E-state index in [9.17, 15) is 22.8 Å². The summed E-state index contributed by atoms with van der Waals surface area (Å²) >= 11 is 0. The SMILES string of the molecule is CS(=O)(=O)O[C@@H]1[C@H](OC(=O)c2ccccc2)O[C@H](COC(=O)c2ccccc2)[C@H]1OC(=O)c1ccccc1. The summed E-state index contributed by atoms with van der Waals surface area (Å²) in [6.45, 7) is -0.455. The van der Waals surface area contributed by atoms with Crippen LogP contribution in [0.5, 0.6) is 0 Å². The van der Waals surface area contributed by atoms with Crippen LogP contribution in [0.2, 0.25) is 0 Å². The first kappa shape index (κ1) is 27.0. The van der Waals surface area contributed by atoms with Gasteiger partial charge in [-0.05, 0) is 36.4 Å². The standard InChI is InChI=1S/C27H24O10S/c1-38(31,32)37-23-22(35-25(29)19-13-7-3-8-14-19)21(17-33-24(28)18-11-5-2-6-12-18)34-27(23)36-26(30)20-15-9-4-10-16-20/h2-16,21-23,27H,17H2,1H3/t21-,22-,23+,27+/m1/s1. The number of esters is 3. The van der Waals surface area contributed by atoms with Gasteiger partial charge in [0.25, 0.3) is 10.1 Å². The van der Waals surface area contributed by atoms with E-state index in [2.05, 4.69) is 0 Å². The second kappa shape index (κ2) is 12.0. The van der Waals surface area contributed by atoms with Gasteiger partial charge in [0.05, 0.1) is 22.9 Å². The van der Waals surface area contributed by atoms with Gasteiger partial charge in [-0.3, -0.25) is 4.18 Å². The van der Waals surface area contributed by atoms with Crippen LogP contribution in [-0.2, 0) is 33.2 Å². The zero-order chi connectivity index (χ0) is 27.1. The van der Waals surface area contributed by atoms with Crippen molar-refractivity contribution in [2.45, 2.75) is 24.6 Å². The molecule has 4 atom stereocenters. The minimum Gasteiger partial charge on any atom is -0.459 e. The van der Waals surface area contributed by atoms with Crippen molar-refractivity contribution in [1.29, 1.82) is 0 Å². The lowest BCUT2D eigenvalue weighted by Gasteiger charge is -2.23. The highest BCUT2D eigenvalue weighted by molar-refractivity contribution is 7.86. The Balaban J connectivity index is 1.60. The number of rotatable bonds is 9. The molecule has 198 valence electrons. The predicted octanol–water partition coefficient (Wildman–Crippen LogP) is 3.00. The van der Waals surface area contributed by atoms with Gasteiger partial charge in [-0.25, -0.2) is 14.4 Å². The average molecular weight is 541 g/mol. The molecule has 0 saturated carbocycles. The maximum absolute atomic E-state index is 12.9. The topological polar surface area (TPSA) is 132 Å². The minimum atomic E-state index is -4.14. The fourth-order valence-electron chi connectivity index (χ4n) is 3.70. The van der Waals surface area contributed by atoms with E-state index in [-0.39, 0.29) is 16.7 Å². The van der Waals surface area contributed by atoms with E-state index in [0.29, 0.717) is 0 Å². The second-order valence-corrected chi connectivity index (χ2v) is 9.88. The molecule has 10 nitrogen and oxygen atoms in total. The lowest BCUT2D eigenvalue weighted by atomic mass is 10.1. The molecule has 0 N–H and O–H groups in total. The van der Waals surface area contributed by atoms with Crippen molar-refractivity contribution in [2.24, 2.45) is 0 Å². The van der Waals surface area contributed by atoms with Crippen LogP contribution in [0, 0.1) is 0 Å². The molecule has 1 fully saturated rings. The van der Waals surface area contributed by atoms with Gasteiger partial charge >= 0.3 is 17.9 Å². The molecule has 1 aliphatic heterocycles. The van der Waals surface area contributed by atoms with E-state index in [0.717, 1.165) is 6.26 Å². The normalized spacial score (nSPS) is 20.9. The molecule has 1 heterocycles. The maximum atomic E-state index is 12.9. The van der Waals surface area contributed by atoms with Crippen molar-refractivity contribution < 1.29 is 45.9 Å². The third-order valence-electron chi connectivity index (χ3n) is 5.43. The smallest absolute Gasteiger partial charge is 0.340 e. The first-order valence-corrected chi connectivity index (χ1v) is 13.3. The zero-order valence-corrected chi connectivity index (χ0v) is 21.0. The largest absolute Gasteiger partial charge is 0.459 e. The molecule has 1 aliphatic rings. The van der Waals surface area contributed by atoms with Gasteiger partial charge in [-0.1, -0.05) is 54.6 Å². The Bertz CT molecular complexity index is 1360. The van der Waals surface area contributed by atoms with E-state index in [1.165, 1.54) is 24.3 Å². The molecule has 0 aliphatic carbocycles. The molecule has 11 heteroatoms. The van der Waals surface area contributed by atoms with Crippen LogP contribution in [0.4, 0.5) is 0 Å². The number of hydrogen-bond acceptors (Lipinski definition) is 10. The van der Waals surface area contributed by atoms with Crippen LogP contribution in [0.25, 0.3) is 0 Å². The molecule has 3 aromatic rings. The van der Waals surface area contributed by atoms with Crippen LogP contribution in [-0.4, -0.2) is 63.8 Å². The van der Waals surface area contributed by atoms with E-state index >= 15 is 0 Å². The molecule has 38 heavy (non-hydrogen) atoms. The average Bonchev–Trinajstić information content (AvgIpc) is 3.22. The molecule has 3 aromatic carbocycles. The molecule has 0 bridgehead atoms. The first-order chi connectivity index (χ1) is 18.2. The van der Waals surface area contributed by atoms with Crippen LogP contribution < -0.4 is 0 Å². The lowest BCUT2D eigenvalue weighted by molar-refractivity contribution is -0.135. The summed E-state index contributed by atoms with van der Waals surface area (Å²) in [4.78, 5) is 38.1. The van der Waals surface area contributed by atoms with Crippen molar-refractivity contribution in [2.75, 3.05) is 12.9 Å². The van der Waals surface area contributed by atoms with Crippen molar-refractivity contribution in [3.8, 4) is 0 Å². The number of benzene rings is 3. The second-order valence-electron chi connectivity index (χ2n) is 8.28. The third-order valence-corrected chi connectivity index (χ3v) is 6.00. The third kappa shape index (κ3) is 7.03. The number of carbonyl (C=O) groups is 3. The molecular weight excluding hydrogens is 516 g/mol. The monoisotopic (exact) mass is 540 g/mol. The Morgan fingerprint density at radius 3 is 1.61 bits per heavy atom. The van der Waals surface area contributed by atoms with Crippen molar-refractivity contribution in [3.05, 3.63) is 108 Å². The van der Waals surface area contributed by atoms with Gasteiger partial charge in [-0.2, -0.15) is 8.42 Å². The summed E-state index contributed by atoms with van der Waals surface area (Å²) in [5, 5.41) is 0. The Labute approximate surface area is 219 Å². The molecule has 0 amide bonds. The summed E-state index contributed by atoms with van der Waals surface area (Å²) in [6.07, 6.45) is -5.04. The van der Waals surface area contributed by atoms with E-state index < -0.39 is 59.2 Å². The summed E-state index contributed by atoms with van der Waals surface area (Å²) in [6, 6.07) is 24.0. The van der Waals surface area contributed by atoms with Crippen molar-refractivity contribution in [3.63, 3.8) is 0 Å². The van der Waals surface area contributed by atoms with E-state index in [4.69, 9.17) is 23.1 Å². The van der Waals surface area contributed by atoms with Crippen LogP contribution >= 0.6 is 0 Å². The molecule has 0 spiro atoms. The quantitative estimate of drug-likeness (QED) is 0.227. The maximum Gasteiger partial charge on any atom is 0.340 e. The Morgan fingerprint density at radius 2 is 1.13 bits per heavy atom. The molecule has 4 rings (SSSR count). The van der Waals surface area contributed by atoms with Gasteiger partial charge < -0.3 is 18.9 Å².